The topological polar surface area (TPSA) is 65.8 Å². The second kappa shape index (κ2) is 4.82. The van der Waals surface area contributed by atoms with E-state index in [0.29, 0.717) is 6.20 Å². The number of pyridine rings is 1. The van der Waals surface area contributed by atoms with Crippen LogP contribution in [0.2, 0.25) is 0 Å². The lowest BCUT2D eigenvalue weighted by molar-refractivity contribution is -0.137. The van der Waals surface area contributed by atoms with Crippen LogP contribution in [-0.2, 0) is 6.18 Å². The lowest BCUT2D eigenvalue weighted by Gasteiger charge is -2.08. The van der Waals surface area contributed by atoms with E-state index in [1.54, 1.807) is 6.07 Å². The Kier molecular flexibility index (Phi) is 3.68. The average Bonchev–Trinajstić information content (AvgIpc) is 2.27. The number of alkyl halides is 3. The summed E-state index contributed by atoms with van der Waals surface area (Å²) in [7, 11) is 0. The van der Waals surface area contributed by atoms with Crippen molar-refractivity contribution < 1.29 is 18.0 Å². The SMILES string of the molecule is CC(C#N)NC(=O)c1ccc(C(F)(F)F)cn1. The second-order valence-electron chi connectivity index (χ2n) is 3.25. The van der Waals surface area contributed by atoms with Crippen LogP contribution in [0.4, 0.5) is 13.2 Å². The van der Waals surface area contributed by atoms with Gasteiger partial charge in [0.25, 0.3) is 5.91 Å². The van der Waals surface area contributed by atoms with E-state index in [4.69, 9.17) is 5.26 Å². The predicted molar refractivity (Wildman–Crippen MR) is 51.8 cm³/mol. The van der Waals surface area contributed by atoms with Crippen molar-refractivity contribution in [2.75, 3.05) is 0 Å². The summed E-state index contributed by atoms with van der Waals surface area (Å²) in [5.41, 5.74) is -1.09. The molecule has 0 saturated carbocycles. The lowest BCUT2D eigenvalue weighted by atomic mass is 10.2. The number of nitrogens with zero attached hydrogens (tertiary/aromatic N) is 2. The van der Waals surface area contributed by atoms with Gasteiger partial charge in [-0.05, 0) is 19.1 Å². The van der Waals surface area contributed by atoms with E-state index >= 15 is 0 Å². The van der Waals surface area contributed by atoms with Gasteiger partial charge in [0.1, 0.15) is 11.7 Å². The number of carbonyl (C=O) groups is 1. The molecule has 0 saturated heterocycles. The Morgan fingerprint density at radius 2 is 2.18 bits per heavy atom. The fourth-order valence-electron chi connectivity index (χ4n) is 0.999. The highest BCUT2D eigenvalue weighted by Gasteiger charge is 2.30. The molecule has 7 heteroatoms. The monoisotopic (exact) mass is 243 g/mol. The average molecular weight is 243 g/mol. The molecule has 1 amide bonds. The summed E-state index contributed by atoms with van der Waals surface area (Å²) >= 11 is 0. The maximum Gasteiger partial charge on any atom is 0.417 e. The highest BCUT2D eigenvalue weighted by atomic mass is 19.4. The fourth-order valence-corrected chi connectivity index (χ4v) is 0.999. The first-order valence-corrected chi connectivity index (χ1v) is 4.58. The molecule has 0 aromatic carbocycles. The van der Waals surface area contributed by atoms with E-state index in [0.717, 1.165) is 12.1 Å². The number of halogens is 3. The molecule has 1 rings (SSSR count). The predicted octanol–water partition coefficient (Wildman–Crippen LogP) is 1.74. The molecule has 0 spiro atoms. The van der Waals surface area contributed by atoms with Gasteiger partial charge < -0.3 is 5.32 Å². The number of rotatable bonds is 2. The minimum Gasteiger partial charge on any atom is -0.335 e. The molecule has 90 valence electrons. The van der Waals surface area contributed by atoms with Crippen LogP contribution in [0.1, 0.15) is 23.0 Å². The van der Waals surface area contributed by atoms with Crippen LogP contribution in [0.3, 0.4) is 0 Å². The molecule has 1 unspecified atom stereocenters. The van der Waals surface area contributed by atoms with Gasteiger partial charge in [-0.25, -0.2) is 0 Å². The van der Waals surface area contributed by atoms with E-state index < -0.39 is 23.7 Å². The number of hydrogen-bond donors (Lipinski definition) is 1. The molecule has 1 atom stereocenters. The summed E-state index contributed by atoms with van der Waals surface area (Å²) < 4.78 is 36.6. The van der Waals surface area contributed by atoms with Gasteiger partial charge in [0, 0.05) is 6.20 Å². The van der Waals surface area contributed by atoms with Gasteiger partial charge in [-0.3, -0.25) is 9.78 Å². The van der Waals surface area contributed by atoms with E-state index in [1.807, 2.05) is 0 Å². The molecule has 1 aromatic rings. The molecule has 0 aliphatic heterocycles. The van der Waals surface area contributed by atoms with Crippen LogP contribution in [0.25, 0.3) is 0 Å². The molecule has 0 radical (unpaired) electrons. The van der Waals surface area contributed by atoms with Gasteiger partial charge in [0.15, 0.2) is 0 Å². The molecule has 1 N–H and O–H groups in total. The molecule has 0 fully saturated rings. The smallest absolute Gasteiger partial charge is 0.335 e. The molecule has 17 heavy (non-hydrogen) atoms. The maximum atomic E-state index is 12.2. The van der Waals surface area contributed by atoms with Gasteiger partial charge in [-0.15, -0.1) is 0 Å². The summed E-state index contributed by atoms with van der Waals surface area (Å²) in [6.45, 7) is 1.45. The zero-order chi connectivity index (χ0) is 13.1. The Bertz CT molecular complexity index is 447. The quantitative estimate of drug-likeness (QED) is 0.860. The highest BCUT2D eigenvalue weighted by molar-refractivity contribution is 5.92. The Labute approximate surface area is 95.1 Å². The molecule has 0 aliphatic carbocycles. The zero-order valence-electron chi connectivity index (χ0n) is 8.75. The van der Waals surface area contributed by atoms with Crippen LogP contribution in [-0.4, -0.2) is 16.9 Å². The molecular weight excluding hydrogens is 235 g/mol. The van der Waals surface area contributed by atoms with E-state index in [9.17, 15) is 18.0 Å². The normalized spacial score (nSPS) is 12.6. The van der Waals surface area contributed by atoms with Crippen molar-refractivity contribution in [1.29, 1.82) is 5.26 Å². The third kappa shape index (κ3) is 3.45. The summed E-state index contributed by atoms with van der Waals surface area (Å²) in [6, 6.07) is 2.75. The van der Waals surface area contributed by atoms with E-state index in [1.165, 1.54) is 6.92 Å². The summed E-state index contributed by atoms with van der Waals surface area (Å²) in [4.78, 5) is 14.8. The second-order valence-corrected chi connectivity index (χ2v) is 3.25. The maximum absolute atomic E-state index is 12.2. The van der Waals surface area contributed by atoms with Gasteiger partial charge in [0.2, 0.25) is 0 Å². The van der Waals surface area contributed by atoms with Crippen molar-refractivity contribution >= 4 is 5.91 Å². The first-order valence-electron chi connectivity index (χ1n) is 4.58. The minimum absolute atomic E-state index is 0.167. The minimum atomic E-state index is -4.48. The van der Waals surface area contributed by atoms with E-state index in [-0.39, 0.29) is 5.69 Å². The number of nitrogens with one attached hydrogen (secondary N) is 1. The van der Waals surface area contributed by atoms with Crippen molar-refractivity contribution in [2.24, 2.45) is 0 Å². The standard InChI is InChI=1S/C10H8F3N3O/c1-6(4-14)16-9(17)8-3-2-7(5-15-8)10(11,12)13/h2-3,5-6H,1H3,(H,16,17). The summed E-state index contributed by atoms with van der Waals surface area (Å²) in [5, 5.41) is 10.7. The van der Waals surface area contributed by atoms with Crippen LogP contribution in [0.15, 0.2) is 18.3 Å². The Morgan fingerprint density at radius 3 is 2.59 bits per heavy atom. The number of hydrogen-bond acceptors (Lipinski definition) is 3. The number of amides is 1. The number of nitriles is 1. The van der Waals surface area contributed by atoms with Crippen molar-refractivity contribution in [3.05, 3.63) is 29.6 Å². The zero-order valence-corrected chi connectivity index (χ0v) is 8.75. The molecule has 0 aliphatic rings. The fraction of sp³-hybridized carbons (Fsp3) is 0.300. The first-order chi connectivity index (χ1) is 7.84. The molecule has 0 bridgehead atoms. The van der Waals surface area contributed by atoms with Crippen molar-refractivity contribution in [3.63, 3.8) is 0 Å². The first kappa shape index (κ1) is 13.0. The van der Waals surface area contributed by atoms with Crippen molar-refractivity contribution in [2.45, 2.75) is 19.1 Å². The van der Waals surface area contributed by atoms with Crippen LogP contribution >= 0.6 is 0 Å². The van der Waals surface area contributed by atoms with Gasteiger partial charge >= 0.3 is 6.18 Å². The third-order valence-corrected chi connectivity index (χ3v) is 1.86. The highest BCUT2D eigenvalue weighted by Crippen LogP contribution is 2.28. The Balaban J connectivity index is 2.82. The van der Waals surface area contributed by atoms with Gasteiger partial charge in [-0.2, -0.15) is 18.4 Å². The van der Waals surface area contributed by atoms with Crippen LogP contribution in [0.5, 0.6) is 0 Å². The van der Waals surface area contributed by atoms with Gasteiger partial charge in [0.05, 0.1) is 11.6 Å². The van der Waals surface area contributed by atoms with E-state index in [2.05, 4.69) is 10.3 Å². The molecule has 4 nitrogen and oxygen atoms in total. The summed E-state index contributed by atoms with van der Waals surface area (Å²) in [5.74, 6) is -0.687. The largest absolute Gasteiger partial charge is 0.417 e. The Morgan fingerprint density at radius 1 is 1.53 bits per heavy atom. The Hall–Kier alpha value is -2.10. The number of carbonyl (C=O) groups excluding carboxylic acids is 1. The lowest BCUT2D eigenvalue weighted by Crippen LogP contribution is -2.31. The molecular formula is C10H8F3N3O. The molecule has 1 aromatic heterocycles. The van der Waals surface area contributed by atoms with Crippen molar-refractivity contribution in [1.82, 2.24) is 10.3 Å². The van der Waals surface area contributed by atoms with Crippen molar-refractivity contribution in [3.8, 4) is 6.07 Å². The molecule has 1 heterocycles. The van der Waals surface area contributed by atoms with Gasteiger partial charge in [-0.1, -0.05) is 0 Å². The summed E-state index contributed by atoms with van der Waals surface area (Å²) in [6.07, 6.45) is -3.91. The van der Waals surface area contributed by atoms with Crippen LogP contribution < -0.4 is 5.32 Å². The number of aromatic nitrogens is 1. The third-order valence-electron chi connectivity index (χ3n) is 1.86. The van der Waals surface area contributed by atoms with Crippen LogP contribution in [0, 0.1) is 11.3 Å².